The van der Waals surface area contributed by atoms with Gasteiger partial charge in [0.05, 0.1) is 11.8 Å². The highest BCUT2D eigenvalue weighted by atomic mass is 35.5. The van der Waals surface area contributed by atoms with Gasteiger partial charge in [0.25, 0.3) is 0 Å². The molecule has 5 rings (SSSR count). The molecule has 1 atom stereocenters. The lowest BCUT2D eigenvalue weighted by Crippen LogP contribution is -2.41. The van der Waals surface area contributed by atoms with Gasteiger partial charge in [0.15, 0.2) is 5.13 Å². The molecule has 12 heteroatoms. The van der Waals surface area contributed by atoms with Crippen LogP contribution in [0.25, 0.3) is 0 Å². The number of amides is 3. The van der Waals surface area contributed by atoms with Gasteiger partial charge in [-0.05, 0) is 54.4 Å². The molecular formula is C24H20ClF3N4O3S. The van der Waals surface area contributed by atoms with E-state index in [0.717, 1.165) is 29.0 Å². The van der Waals surface area contributed by atoms with Gasteiger partial charge in [-0.25, -0.2) is 9.78 Å². The average Bonchev–Trinajstić information content (AvgIpc) is 3.52. The lowest BCUT2D eigenvalue weighted by Gasteiger charge is -2.25. The highest BCUT2D eigenvalue weighted by Crippen LogP contribution is 2.48. The number of hydrogen-bond acceptors (Lipinski definition) is 5. The lowest BCUT2D eigenvalue weighted by molar-refractivity contribution is -0.137. The fourth-order valence-electron chi connectivity index (χ4n) is 4.70. The van der Waals surface area contributed by atoms with Crippen LogP contribution in [-0.2, 0) is 16.4 Å². The van der Waals surface area contributed by atoms with Crippen LogP contribution in [0.5, 0.6) is 11.5 Å². The van der Waals surface area contributed by atoms with E-state index in [1.54, 1.807) is 28.0 Å². The number of anilines is 2. The maximum Gasteiger partial charge on any atom is 0.416 e. The molecule has 1 unspecified atom stereocenters. The van der Waals surface area contributed by atoms with Crippen LogP contribution < -0.4 is 15.0 Å². The number of carbonyl (C=O) groups excluding carboxylic acids is 2. The molecule has 2 aliphatic rings. The predicted octanol–water partition coefficient (Wildman–Crippen LogP) is 6.15. The summed E-state index contributed by atoms with van der Waals surface area (Å²) in [6.45, 7) is 2.85. The third kappa shape index (κ3) is 4.60. The van der Waals surface area contributed by atoms with Crippen molar-refractivity contribution in [2.24, 2.45) is 0 Å². The molecule has 0 aliphatic carbocycles. The van der Waals surface area contributed by atoms with Crippen LogP contribution in [0.1, 0.15) is 24.5 Å². The van der Waals surface area contributed by atoms with Crippen molar-refractivity contribution in [2.45, 2.75) is 24.9 Å². The first kappa shape index (κ1) is 24.4. The summed E-state index contributed by atoms with van der Waals surface area (Å²) in [5, 5.41) is 3.13. The summed E-state index contributed by atoms with van der Waals surface area (Å²) in [7, 11) is 0. The number of thiazole rings is 1. The van der Waals surface area contributed by atoms with Gasteiger partial charge in [-0.3, -0.25) is 15.0 Å². The van der Waals surface area contributed by atoms with E-state index in [1.165, 1.54) is 25.3 Å². The van der Waals surface area contributed by atoms with Crippen LogP contribution in [-0.4, -0.2) is 41.5 Å². The molecule has 3 aromatic rings. The molecule has 2 aliphatic heterocycles. The Labute approximate surface area is 213 Å². The minimum absolute atomic E-state index is 0.0501. The Morgan fingerprint density at radius 2 is 1.86 bits per heavy atom. The number of nitrogens with zero attached hydrogens (tertiary/aromatic N) is 3. The molecule has 0 saturated carbocycles. The number of halogens is 4. The summed E-state index contributed by atoms with van der Waals surface area (Å²) in [4.78, 5) is 32.7. The molecular weight excluding hydrogens is 517 g/mol. The maximum atomic E-state index is 13.2. The van der Waals surface area contributed by atoms with Crippen molar-refractivity contribution in [1.29, 1.82) is 0 Å². The number of rotatable bonds is 3. The van der Waals surface area contributed by atoms with Gasteiger partial charge in [0, 0.05) is 37.7 Å². The predicted molar refractivity (Wildman–Crippen MR) is 130 cm³/mol. The van der Waals surface area contributed by atoms with Gasteiger partial charge in [-0.2, -0.15) is 13.2 Å². The van der Waals surface area contributed by atoms with Gasteiger partial charge in [0.2, 0.25) is 5.91 Å². The van der Waals surface area contributed by atoms with E-state index in [-0.39, 0.29) is 17.7 Å². The molecule has 36 heavy (non-hydrogen) atoms. The number of benzene rings is 2. The Hall–Kier alpha value is -3.31. The fourth-order valence-corrected chi connectivity index (χ4v) is 5.50. The summed E-state index contributed by atoms with van der Waals surface area (Å²) >= 11 is 7.07. The summed E-state index contributed by atoms with van der Waals surface area (Å²) in [5.74, 6) is 0.621. The zero-order valence-corrected chi connectivity index (χ0v) is 20.5. The van der Waals surface area contributed by atoms with Crippen LogP contribution in [0.4, 0.5) is 28.8 Å². The number of fused-ring (bicyclic) bond motifs is 2. The molecule has 1 saturated heterocycles. The number of likely N-dealkylation sites (tertiary alicyclic amines) is 1. The van der Waals surface area contributed by atoms with Crippen molar-refractivity contribution in [2.75, 3.05) is 29.9 Å². The lowest BCUT2D eigenvalue weighted by atomic mass is 9.81. The highest BCUT2D eigenvalue weighted by molar-refractivity contribution is 7.19. The van der Waals surface area contributed by atoms with E-state index in [0.29, 0.717) is 47.0 Å². The number of alkyl halides is 3. The second kappa shape index (κ2) is 8.97. The van der Waals surface area contributed by atoms with E-state index in [1.807, 2.05) is 0 Å². The third-order valence-electron chi connectivity index (χ3n) is 6.44. The van der Waals surface area contributed by atoms with Crippen molar-refractivity contribution in [3.63, 3.8) is 0 Å². The minimum Gasteiger partial charge on any atom is -0.457 e. The van der Waals surface area contributed by atoms with Crippen LogP contribution in [0.3, 0.4) is 0 Å². The van der Waals surface area contributed by atoms with E-state index in [9.17, 15) is 22.8 Å². The smallest absolute Gasteiger partial charge is 0.416 e. The van der Waals surface area contributed by atoms with Gasteiger partial charge >= 0.3 is 12.2 Å². The number of ether oxygens (including phenoxy) is 1. The quantitative estimate of drug-likeness (QED) is 0.436. The topological polar surface area (TPSA) is 74.8 Å². The third-order valence-corrected chi connectivity index (χ3v) is 7.47. The number of aromatic nitrogens is 1. The van der Waals surface area contributed by atoms with Crippen LogP contribution in [0, 0.1) is 0 Å². The number of urea groups is 1. The zero-order chi connectivity index (χ0) is 25.7. The molecule has 0 bridgehead atoms. The van der Waals surface area contributed by atoms with Crippen LogP contribution in [0.15, 0.2) is 48.7 Å². The Morgan fingerprint density at radius 1 is 1.14 bits per heavy atom. The first-order valence-corrected chi connectivity index (χ1v) is 12.2. The normalized spacial score (nSPS) is 19.0. The number of nitrogens with one attached hydrogen (secondary N) is 1. The van der Waals surface area contributed by atoms with Crippen molar-refractivity contribution < 1.29 is 27.5 Å². The second-order valence-corrected chi connectivity index (χ2v) is 10.4. The Bertz CT molecular complexity index is 1330. The van der Waals surface area contributed by atoms with Crippen molar-refractivity contribution in [1.82, 2.24) is 9.88 Å². The molecule has 3 heterocycles. The first-order valence-electron chi connectivity index (χ1n) is 11.0. The summed E-state index contributed by atoms with van der Waals surface area (Å²) in [6.07, 6.45) is -2.33. The monoisotopic (exact) mass is 536 g/mol. The fraction of sp³-hybridized carbons (Fsp3) is 0.292. The van der Waals surface area contributed by atoms with E-state index < -0.39 is 17.2 Å². The van der Waals surface area contributed by atoms with E-state index >= 15 is 0 Å². The molecule has 1 spiro atoms. The van der Waals surface area contributed by atoms with Gasteiger partial charge in [0.1, 0.15) is 15.8 Å². The molecule has 2 aromatic carbocycles. The molecule has 3 amide bonds. The first-order chi connectivity index (χ1) is 17.0. The van der Waals surface area contributed by atoms with Gasteiger partial charge in [-0.15, -0.1) is 0 Å². The average molecular weight is 537 g/mol. The molecule has 1 aromatic heterocycles. The Morgan fingerprint density at radius 3 is 2.47 bits per heavy atom. The molecule has 1 N–H and O–H groups in total. The van der Waals surface area contributed by atoms with Crippen molar-refractivity contribution in [3.05, 3.63) is 64.1 Å². The molecule has 188 valence electrons. The van der Waals surface area contributed by atoms with Gasteiger partial charge < -0.3 is 9.64 Å². The minimum atomic E-state index is -4.43. The second-order valence-electron chi connectivity index (χ2n) is 8.76. The van der Waals surface area contributed by atoms with E-state index in [2.05, 4.69) is 10.3 Å². The number of carbonyl (C=O) groups is 2. The molecule has 1 fully saturated rings. The SMILES string of the molecule is CC(=O)N1CCC2(C1)CN(C(=O)Nc1ncc(Cl)s1)c1ccc(Oc3ccc(C(F)(F)F)cc3)cc12. The zero-order valence-electron chi connectivity index (χ0n) is 18.9. The largest absolute Gasteiger partial charge is 0.457 e. The Balaban J connectivity index is 1.45. The summed E-state index contributed by atoms with van der Waals surface area (Å²) in [5.41, 5.74) is 0.239. The van der Waals surface area contributed by atoms with Crippen LogP contribution >= 0.6 is 22.9 Å². The summed E-state index contributed by atoms with van der Waals surface area (Å²) < 4.78 is 44.9. The van der Waals surface area contributed by atoms with Crippen molar-refractivity contribution in [3.8, 4) is 11.5 Å². The Kier molecular flexibility index (Phi) is 6.08. The molecule has 0 radical (unpaired) electrons. The molecule has 7 nitrogen and oxygen atoms in total. The van der Waals surface area contributed by atoms with Crippen molar-refractivity contribution >= 4 is 45.7 Å². The summed E-state index contributed by atoms with van der Waals surface area (Å²) in [6, 6.07) is 9.27. The standard InChI is InChI=1S/C24H20ClF3N4O3S/c1-14(33)31-9-8-23(12-31)13-32(22(34)30-21-29-11-20(25)36-21)19-7-6-17(10-18(19)23)35-16-4-2-15(3-5-16)24(26,27)28/h2-7,10-11H,8-9,12-13H2,1H3,(H,29,30,34). The highest BCUT2D eigenvalue weighted by Gasteiger charge is 2.49. The maximum absolute atomic E-state index is 13.2. The van der Waals surface area contributed by atoms with Crippen LogP contribution in [0.2, 0.25) is 4.34 Å². The van der Waals surface area contributed by atoms with E-state index in [4.69, 9.17) is 16.3 Å². The number of hydrogen-bond donors (Lipinski definition) is 1. The van der Waals surface area contributed by atoms with Gasteiger partial charge in [-0.1, -0.05) is 22.9 Å².